The van der Waals surface area contributed by atoms with Gasteiger partial charge >= 0.3 is 0 Å². The van der Waals surface area contributed by atoms with Crippen molar-refractivity contribution in [1.29, 1.82) is 0 Å². The molecule has 0 aliphatic carbocycles. The van der Waals surface area contributed by atoms with E-state index in [9.17, 15) is 0 Å². The molecular weight excluding hydrogens is 280 g/mol. The minimum Gasteiger partial charge on any atom is -0.371 e. The summed E-state index contributed by atoms with van der Waals surface area (Å²) >= 11 is 6.44. The first kappa shape index (κ1) is 16.6. The van der Waals surface area contributed by atoms with Crippen molar-refractivity contribution in [2.75, 3.05) is 24.5 Å². The van der Waals surface area contributed by atoms with Gasteiger partial charge < -0.3 is 10.2 Å². The molecule has 21 heavy (non-hydrogen) atoms. The summed E-state index contributed by atoms with van der Waals surface area (Å²) in [6, 6.07) is 6.33. The monoisotopic (exact) mass is 308 g/mol. The Morgan fingerprint density at radius 3 is 2.86 bits per heavy atom. The number of hydrogen-bond donors (Lipinski definition) is 1. The van der Waals surface area contributed by atoms with Gasteiger partial charge in [-0.15, -0.1) is 0 Å². The molecule has 1 heterocycles. The third kappa shape index (κ3) is 4.62. The number of benzene rings is 1. The average molecular weight is 309 g/mol. The fraction of sp³-hybridized carbons (Fsp3) is 0.667. The molecule has 2 nitrogen and oxygen atoms in total. The van der Waals surface area contributed by atoms with Gasteiger partial charge in [0.15, 0.2) is 0 Å². The van der Waals surface area contributed by atoms with Gasteiger partial charge in [-0.3, -0.25) is 0 Å². The maximum absolute atomic E-state index is 6.44. The summed E-state index contributed by atoms with van der Waals surface area (Å²) < 4.78 is 0. The van der Waals surface area contributed by atoms with Crippen LogP contribution in [-0.2, 0) is 6.54 Å². The Morgan fingerprint density at radius 2 is 2.10 bits per heavy atom. The molecule has 1 saturated heterocycles. The van der Waals surface area contributed by atoms with Crippen molar-refractivity contribution < 1.29 is 0 Å². The van der Waals surface area contributed by atoms with Crippen molar-refractivity contribution in [3.05, 3.63) is 28.8 Å². The molecule has 1 aliphatic rings. The number of nitrogens with one attached hydrogen (secondary N) is 1. The number of nitrogens with zero attached hydrogens (tertiary/aromatic N) is 1. The molecule has 0 aromatic heterocycles. The molecule has 1 aliphatic heterocycles. The number of halogens is 1. The van der Waals surface area contributed by atoms with Gasteiger partial charge in [0, 0.05) is 35.9 Å². The van der Waals surface area contributed by atoms with Crippen LogP contribution in [0.1, 0.15) is 51.5 Å². The molecular formula is C18H29ClN2. The molecule has 0 bridgehead atoms. The topological polar surface area (TPSA) is 15.3 Å². The van der Waals surface area contributed by atoms with Gasteiger partial charge in [0.25, 0.3) is 0 Å². The van der Waals surface area contributed by atoms with E-state index in [1.807, 2.05) is 6.07 Å². The van der Waals surface area contributed by atoms with Crippen LogP contribution in [0.5, 0.6) is 0 Å². The zero-order chi connectivity index (χ0) is 15.1. The first-order valence-electron chi connectivity index (χ1n) is 8.49. The molecule has 1 atom stereocenters. The highest BCUT2D eigenvalue weighted by Crippen LogP contribution is 2.31. The Balaban J connectivity index is 2.11. The maximum Gasteiger partial charge on any atom is 0.0471 e. The average Bonchev–Trinajstić information content (AvgIpc) is 2.72. The Hall–Kier alpha value is -0.730. The van der Waals surface area contributed by atoms with E-state index >= 15 is 0 Å². The van der Waals surface area contributed by atoms with Crippen LogP contribution in [0.2, 0.25) is 5.02 Å². The zero-order valence-electron chi connectivity index (χ0n) is 13.5. The summed E-state index contributed by atoms with van der Waals surface area (Å²) in [5.74, 6) is 0.913. The zero-order valence-corrected chi connectivity index (χ0v) is 14.3. The van der Waals surface area contributed by atoms with Crippen LogP contribution < -0.4 is 10.2 Å². The molecule has 0 saturated carbocycles. The van der Waals surface area contributed by atoms with Crippen LogP contribution in [0.25, 0.3) is 0 Å². The van der Waals surface area contributed by atoms with Gasteiger partial charge in [-0.25, -0.2) is 0 Å². The summed E-state index contributed by atoms with van der Waals surface area (Å²) in [6.45, 7) is 8.61. The number of rotatable bonds is 6. The standard InChI is InChI=1S/C18H29ClN2/c1-3-7-15-8-6-12-21(13-11-15)18-10-5-9-17(19)16(18)14-20-4-2/h5,9-10,15,20H,3-4,6-8,11-14H2,1-2H3. The SMILES string of the molecule is CCCC1CCCN(c2cccc(Cl)c2CNCC)CC1. The van der Waals surface area contributed by atoms with E-state index in [0.717, 1.165) is 24.0 Å². The van der Waals surface area contributed by atoms with Crippen LogP contribution in [-0.4, -0.2) is 19.6 Å². The molecule has 2 rings (SSSR count). The van der Waals surface area contributed by atoms with Gasteiger partial charge in [-0.2, -0.15) is 0 Å². The van der Waals surface area contributed by atoms with Gasteiger partial charge in [0.05, 0.1) is 0 Å². The van der Waals surface area contributed by atoms with Gasteiger partial charge in [-0.1, -0.05) is 44.4 Å². The Kier molecular flexibility index (Phi) is 6.85. The highest BCUT2D eigenvalue weighted by molar-refractivity contribution is 6.31. The number of anilines is 1. The lowest BCUT2D eigenvalue weighted by Gasteiger charge is -2.26. The third-order valence-corrected chi connectivity index (χ3v) is 4.89. The van der Waals surface area contributed by atoms with Crippen molar-refractivity contribution in [3.63, 3.8) is 0 Å². The van der Waals surface area contributed by atoms with Crippen LogP contribution >= 0.6 is 11.6 Å². The molecule has 0 spiro atoms. The van der Waals surface area contributed by atoms with Crippen molar-refractivity contribution >= 4 is 17.3 Å². The smallest absolute Gasteiger partial charge is 0.0471 e. The van der Waals surface area contributed by atoms with Gasteiger partial charge in [0.2, 0.25) is 0 Å². The largest absolute Gasteiger partial charge is 0.371 e. The summed E-state index contributed by atoms with van der Waals surface area (Å²) in [6.07, 6.45) is 6.70. The third-order valence-electron chi connectivity index (χ3n) is 4.53. The molecule has 1 aromatic carbocycles. The van der Waals surface area contributed by atoms with E-state index < -0.39 is 0 Å². The van der Waals surface area contributed by atoms with Crippen molar-refractivity contribution in [2.24, 2.45) is 5.92 Å². The summed E-state index contributed by atoms with van der Waals surface area (Å²) in [7, 11) is 0. The fourth-order valence-electron chi connectivity index (χ4n) is 3.37. The maximum atomic E-state index is 6.44. The van der Waals surface area contributed by atoms with Crippen molar-refractivity contribution in [3.8, 4) is 0 Å². The molecule has 118 valence electrons. The molecule has 0 radical (unpaired) electrons. The van der Waals surface area contributed by atoms with Gasteiger partial charge in [-0.05, 0) is 43.9 Å². The fourth-order valence-corrected chi connectivity index (χ4v) is 3.61. The predicted octanol–water partition coefficient (Wildman–Crippen LogP) is 4.86. The Labute approximate surface area is 134 Å². The summed E-state index contributed by atoms with van der Waals surface area (Å²) in [4.78, 5) is 2.55. The Morgan fingerprint density at radius 1 is 1.24 bits per heavy atom. The van der Waals surface area contributed by atoms with Crippen LogP contribution in [0, 0.1) is 5.92 Å². The second-order valence-corrected chi connectivity index (χ2v) is 6.50. The second kappa shape index (κ2) is 8.65. The second-order valence-electron chi connectivity index (χ2n) is 6.09. The van der Waals surface area contributed by atoms with E-state index in [1.54, 1.807) is 0 Å². The molecule has 1 fully saturated rings. The summed E-state index contributed by atoms with van der Waals surface area (Å²) in [5.41, 5.74) is 2.59. The quantitative estimate of drug-likeness (QED) is 0.807. The molecule has 1 N–H and O–H groups in total. The van der Waals surface area contributed by atoms with E-state index in [0.29, 0.717) is 0 Å². The lowest BCUT2D eigenvalue weighted by atomic mass is 9.96. The van der Waals surface area contributed by atoms with E-state index in [-0.39, 0.29) is 0 Å². The highest BCUT2D eigenvalue weighted by Gasteiger charge is 2.19. The minimum absolute atomic E-state index is 0.862. The van der Waals surface area contributed by atoms with Crippen molar-refractivity contribution in [2.45, 2.75) is 52.5 Å². The van der Waals surface area contributed by atoms with Gasteiger partial charge in [0.1, 0.15) is 0 Å². The van der Waals surface area contributed by atoms with Crippen LogP contribution in [0.4, 0.5) is 5.69 Å². The molecule has 3 heteroatoms. The minimum atomic E-state index is 0.862. The molecule has 0 amide bonds. The van der Waals surface area contributed by atoms with E-state index in [1.165, 1.54) is 56.4 Å². The lowest BCUT2D eigenvalue weighted by Crippen LogP contribution is -2.26. The van der Waals surface area contributed by atoms with E-state index in [4.69, 9.17) is 11.6 Å². The summed E-state index contributed by atoms with van der Waals surface area (Å²) in [5, 5.41) is 4.31. The first-order chi connectivity index (χ1) is 10.3. The molecule has 1 aromatic rings. The van der Waals surface area contributed by atoms with Crippen LogP contribution in [0.3, 0.4) is 0 Å². The first-order valence-corrected chi connectivity index (χ1v) is 8.87. The van der Waals surface area contributed by atoms with Crippen molar-refractivity contribution in [1.82, 2.24) is 5.32 Å². The highest BCUT2D eigenvalue weighted by atomic mass is 35.5. The van der Waals surface area contributed by atoms with E-state index in [2.05, 4.69) is 36.2 Å². The number of hydrogen-bond acceptors (Lipinski definition) is 2. The van der Waals surface area contributed by atoms with Crippen LogP contribution in [0.15, 0.2) is 18.2 Å². The molecule has 1 unspecified atom stereocenters. The predicted molar refractivity (Wildman–Crippen MR) is 93.3 cm³/mol. The normalized spacial score (nSPS) is 19.6. The Bertz CT molecular complexity index is 433. The lowest BCUT2D eigenvalue weighted by molar-refractivity contribution is 0.435.